The summed E-state index contributed by atoms with van der Waals surface area (Å²) in [7, 11) is 0. The van der Waals surface area contributed by atoms with Crippen molar-refractivity contribution < 1.29 is 19.4 Å². The molecule has 0 fully saturated rings. The molecule has 0 spiro atoms. The highest BCUT2D eigenvalue weighted by molar-refractivity contribution is 5.83. The van der Waals surface area contributed by atoms with Crippen LogP contribution in [0.25, 0.3) is 0 Å². The Morgan fingerprint density at radius 3 is 2.40 bits per heavy atom. The number of hydrogen-bond donors (Lipinski definition) is 2. The number of aryl methyl sites for hydroxylation is 1. The Balaban J connectivity index is 2.82. The highest BCUT2D eigenvalue weighted by Crippen LogP contribution is 2.12. The molecule has 1 unspecified atom stereocenters. The molecule has 7 heteroatoms. The van der Waals surface area contributed by atoms with E-state index in [9.17, 15) is 14.7 Å². The number of ether oxygens (including phenoxy) is 1. The van der Waals surface area contributed by atoms with Crippen LogP contribution in [0, 0.1) is 6.92 Å². The maximum atomic E-state index is 11.7. The Hall–Kier alpha value is -2.05. The minimum absolute atomic E-state index is 0.00934. The first-order chi connectivity index (χ1) is 9.02. The van der Waals surface area contributed by atoms with Gasteiger partial charge in [0.15, 0.2) is 5.54 Å². The number of amides is 1. The molecule has 0 aliphatic heterocycles. The predicted octanol–water partition coefficient (Wildman–Crippen LogP) is 1.56. The molecule has 1 amide bonds. The fourth-order valence-corrected chi connectivity index (χ4v) is 1.56. The molecule has 0 aromatic carbocycles. The fourth-order valence-electron chi connectivity index (χ4n) is 1.56. The third kappa shape index (κ3) is 4.56. The molecule has 0 bridgehead atoms. The molecule has 20 heavy (non-hydrogen) atoms. The van der Waals surface area contributed by atoms with Gasteiger partial charge >= 0.3 is 12.1 Å². The quantitative estimate of drug-likeness (QED) is 0.874. The number of nitrogens with zero attached hydrogens (tertiary/aromatic N) is 2. The smallest absolute Gasteiger partial charge is 0.408 e. The normalized spacial score (nSPS) is 14.4. The van der Waals surface area contributed by atoms with Crippen molar-refractivity contribution in [3.63, 3.8) is 0 Å². The molecule has 0 aliphatic carbocycles. The van der Waals surface area contributed by atoms with E-state index in [4.69, 9.17) is 4.74 Å². The van der Waals surface area contributed by atoms with Gasteiger partial charge in [-0.3, -0.25) is 4.68 Å². The van der Waals surface area contributed by atoms with Crippen molar-refractivity contribution in [3.05, 3.63) is 18.0 Å². The highest BCUT2D eigenvalue weighted by Gasteiger charge is 2.37. The molecular weight excluding hydrogens is 262 g/mol. The van der Waals surface area contributed by atoms with Crippen LogP contribution < -0.4 is 5.32 Å². The maximum Gasteiger partial charge on any atom is 0.408 e. The Bertz CT molecular complexity index is 504. The number of carboxylic acid groups (broad SMARTS) is 1. The Kier molecular flexibility index (Phi) is 4.42. The van der Waals surface area contributed by atoms with Crippen molar-refractivity contribution >= 4 is 12.1 Å². The lowest BCUT2D eigenvalue weighted by Gasteiger charge is -2.28. The molecule has 1 aromatic heterocycles. The number of aliphatic carboxylic acids is 1. The van der Waals surface area contributed by atoms with Gasteiger partial charge in [0.25, 0.3) is 0 Å². The number of carbonyl (C=O) groups excluding carboxylic acids is 1. The topological polar surface area (TPSA) is 93.5 Å². The van der Waals surface area contributed by atoms with Gasteiger partial charge in [0, 0.05) is 6.20 Å². The molecule has 1 heterocycles. The Labute approximate surface area is 117 Å². The van der Waals surface area contributed by atoms with Crippen LogP contribution in [0.1, 0.15) is 33.4 Å². The van der Waals surface area contributed by atoms with E-state index in [1.165, 1.54) is 11.6 Å². The van der Waals surface area contributed by atoms with E-state index < -0.39 is 23.2 Å². The number of carboxylic acids is 1. The van der Waals surface area contributed by atoms with Gasteiger partial charge in [-0.1, -0.05) is 0 Å². The molecule has 1 aromatic rings. The summed E-state index contributed by atoms with van der Waals surface area (Å²) in [5.74, 6) is -1.16. The van der Waals surface area contributed by atoms with Gasteiger partial charge in [0.2, 0.25) is 0 Å². The van der Waals surface area contributed by atoms with Gasteiger partial charge in [0.05, 0.1) is 12.2 Å². The number of alkyl carbamates (subject to hydrolysis) is 1. The maximum absolute atomic E-state index is 11.7. The third-order valence-corrected chi connectivity index (χ3v) is 2.50. The van der Waals surface area contributed by atoms with E-state index in [0.717, 1.165) is 5.69 Å². The molecule has 0 saturated heterocycles. The molecule has 1 rings (SSSR count). The van der Waals surface area contributed by atoms with Crippen molar-refractivity contribution in [1.29, 1.82) is 0 Å². The summed E-state index contributed by atoms with van der Waals surface area (Å²) in [6.07, 6.45) is 0.888. The second-order valence-corrected chi connectivity index (χ2v) is 5.92. The highest BCUT2D eigenvalue weighted by atomic mass is 16.6. The second-order valence-electron chi connectivity index (χ2n) is 5.92. The van der Waals surface area contributed by atoms with Crippen LogP contribution >= 0.6 is 0 Å². The number of hydrogen-bond acceptors (Lipinski definition) is 4. The summed E-state index contributed by atoms with van der Waals surface area (Å²) >= 11 is 0. The van der Waals surface area contributed by atoms with Crippen LogP contribution in [0.15, 0.2) is 12.3 Å². The van der Waals surface area contributed by atoms with Crippen molar-refractivity contribution in [2.75, 3.05) is 0 Å². The van der Waals surface area contributed by atoms with Crippen LogP contribution in [0.4, 0.5) is 4.79 Å². The fraction of sp³-hybridized carbons (Fsp3) is 0.615. The monoisotopic (exact) mass is 283 g/mol. The zero-order chi connectivity index (χ0) is 15.6. The minimum atomic E-state index is -1.50. The summed E-state index contributed by atoms with van der Waals surface area (Å²) in [5.41, 5.74) is -1.41. The molecular formula is C13H21N3O4. The van der Waals surface area contributed by atoms with Gasteiger partial charge in [-0.2, -0.15) is 5.10 Å². The predicted molar refractivity (Wildman–Crippen MR) is 72.4 cm³/mol. The van der Waals surface area contributed by atoms with Crippen molar-refractivity contribution in [3.8, 4) is 0 Å². The Morgan fingerprint density at radius 2 is 2.00 bits per heavy atom. The molecule has 7 nitrogen and oxygen atoms in total. The first kappa shape index (κ1) is 16.0. The number of aromatic nitrogens is 2. The van der Waals surface area contributed by atoms with Gasteiger partial charge in [-0.15, -0.1) is 0 Å². The summed E-state index contributed by atoms with van der Waals surface area (Å²) in [5, 5.41) is 15.8. The SMILES string of the molecule is Cc1ccn(CC(C)(NC(=O)OC(C)(C)C)C(=O)O)n1. The average Bonchev–Trinajstić information content (AvgIpc) is 2.59. The standard InChI is InChI=1S/C13H21N3O4/c1-9-6-7-16(15-9)8-13(5,10(17)18)14-11(19)20-12(2,3)4/h6-7H,8H2,1-5H3,(H,14,19)(H,17,18). The van der Waals surface area contributed by atoms with Gasteiger partial charge in [-0.05, 0) is 40.7 Å². The first-order valence-corrected chi connectivity index (χ1v) is 6.26. The van der Waals surface area contributed by atoms with Gasteiger partial charge < -0.3 is 15.2 Å². The lowest BCUT2D eigenvalue weighted by Crippen LogP contribution is -2.56. The lowest BCUT2D eigenvalue weighted by molar-refractivity contribution is -0.144. The van der Waals surface area contributed by atoms with E-state index >= 15 is 0 Å². The van der Waals surface area contributed by atoms with Gasteiger partial charge in [0.1, 0.15) is 5.60 Å². The van der Waals surface area contributed by atoms with Crippen LogP contribution in [0.3, 0.4) is 0 Å². The van der Waals surface area contributed by atoms with Crippen molar-refractivity contribution in [1.82, 2.24) is 15.1 Å². The van der Waals surface area contributed by atoms with E-state index in [0.29, 0.717) is 0 Å². The Morgan fingerprint density at radius 1 is 1.40 bits per heavy atom. The number of rotatable bonds is 4. The van der Waals surface area contributed by atoms with Crippen molar-refractivity contribution in [2.24, 2.45) is 0 Å². The molecule has 0 radical (unpaired) electrons. The van der Waals surface area contributed by atoms with E-state index in [1.54, 1.807) is 40.0 Å². The molecule has 0 saturated carbocycles. The summed E-state index contributed by atoms with van der Waals surface area (Å²) < 4.78 is 6.56. The lowest BCUT2D eigenvalue weighted by atomic mass is 10.0. The first-order valence-electron chi connectivity index (χ1n) is 6.26. The molecule has 2 N–H and O–H groups in total. The van der Waals surface area contributed by atoms with Crippen LogP contribution in [0.2, 0.25) is 0 Å². The van der Waals surface area contributed by atoms with E-state index in [1.807, 2.05) is 0 Å². The van der Waals surface area contributed by atoms with E-state index in [-0.39, 0.29) is 6.54 Å². The molecule has 112 valence electrons. The third-order valence-electron chi connectivity index (χ3n) is 2.50. The number of carbonyl (C=O) groups is 2. The molecule has 1 atom stereocenters. The minimum Gasteiger partial charge on any atom is -0.479 e. The second kappa shape index (κ2) is 5.52. The van der Waals surface area contributed by atoms with Crippen LogP contribution in [-0.4, -0.2) is 38.1 Å². The zero-order valence-electron chi connectivity index (χ0n) is 12.4. The summed E-state index contributed by atoms with van der Waals surface area (Å²) in [6.45, 7) is 8.35. The molecule has 0 aliphatic rings. The summed E-state index contributed by atoms with van der Waals surface area (Å²) in [6, 6.07) is 1.76. The van der Waals surface area contributed by atoms with Crippen LogP contribution in [0.5, 0.6) is 0 Å². The number of nitrogens with one attached hydrogen (secondary N) is 1. The zero-order valence-corrected chi connectivity index (χ0v) is 12.4. The summed E-state index contributed by atoms with van der Waals surface area (Å²) in [4.78, 5) is 23.2. The van der Waals surface area contributed by atoms with Gasteiger partial charge in [-0.25, -0.2) is 9.59 Å². The van der Waals surface area contributed by atoms with E-state index in [2.05, 4.69) is 10.4 Å². The van der Waals surface area contributed by atoms with Crippen LogP contribution in [-0.2, 0) is 16.1 Å². The average molecular weight is 283 g/mol. The van der Waals surface area contributed by atoms with Crippen molar-refractivity contribution in [2.45, 2.75) is 52.3 Å². The largest absolute Gasteiger partial charge is 0.479 e.